The van der Waals surface area contributed by atoms with Crippen molar-refractivity contribution in [1.29, 1.82) is 0 Å². The van der Waals surface area contributed by atoms with Crippen LogP contribution in [0.25, 0.3) is 0 Å². The first kappa shape index (κ1) is 27.0. The lowest BCUT2D eigenvalue weighted by Gasteiger charge is -2.36. The van der Waals surface area contributed by atoms with E-state index in [0.29, 0.717) is 16.2 Å². The van der Waals surface area contributed by atoms with Crippen LogP contribution in [0, 0.1) is 6.92 Å². The summed E-state index contributed by atoms with van der Waals surface area (Å²) >= 11 is 3.14. The van der Waals surface area contributed by atoms with Crippen LogP contribution >= 0.6 is 15.9 Å². The second-order valence-electron chi connectivity index (χ2n) is 7.35. The van der Waals surface area contributed by atoms with Crippen LogP contribution in [0.1, 0.15) is 39.5 Å². The maximum absolute atomic E-state index is 14.9. The van der Waals surface area contributed by atoms with Crippen LogP contribution in [0.15, 0.2) is 34.8 Å². The Bertz CT molecular complexity index is 1060. The van der Waals surface area contributed by atoms with Crippen LogP contribution in [0.3, 0.4) is 0 Å². The fourth-order valence-electron chi connectivity index (χ4n) is 3.34. The first-order chi connectivity index (χ1) is 14.9. The number of carbonyl (C=O) groups excluding carboxylic acids is 1. The molecule has 0 aliphatic carbocycles. The predicted octanol–water partition coefficient (Wildman–Crippen LogP) is 7.25. The van der Waals surface area contributed by atoms with E-state index in [-0.39, 0.29) is 34.7 Å². The average molecular weight is 550 g/mol. The van der Waals surface area contributed by atoms with Crippen molar-refractivity contribution in [2.75, 3.05) is 5.73 Å². The minimum atomic E-state index is -6.81. The second-order valence-corrected chi connectivity index (χ2v) is 8.20. The molecule has 0 radical (unpaired) electrons. The molecule has 0 amide bonds. The zero-order chi connectivity index (χ0) is 25.6. The maximum Gasteiger partial charge on any atom is 0.457 e. The first-order valence-electron chi connectivity index (χ1n) is 9.29. The number of nitrogens with two attached hydrogens (primary N) is 1. The summed E-state index contributed by atoms with van der Waals surface area (Å²) in [4.78, 5) is 12.6. The van der Waals surface area contributed by atoms with Gasteiger partial charge in [-0.15, -0.1) is 0 Å². The average Bonchev–Trinajstić information content (AvgIpc) is 2.68. The molecule has 0 aromatic heterocycles. The normalized spacial score (nSPS) is 14.8. The van der Waals surface area contributed by atoms with Gasteiger partial charge in [0.2, 0.25) is 0 Å². The van der Waals surface area contributed by atoms with Crippen LogP contribution in [-0.2, 0) is 18.5 Å². The van der Waals surface area contributed by atoms with E-state index in [1.54, 1.807) is 0 Å². The number of rotatable bonds is 6. The number of anilines is 1. The van der Waals surface area contributed by atoms with Crippen molar-refractivity contribution < 1.29 is 44.3 Å². The summed E-state index contributed by atoms with van der Waals surface area (Å²) in [5.41, 5.74) is -2.09. The van der Waals surface area contributed by atoms with Crippen molar-refractivity contribution in [3.8, 4) is 0 Å². The Labute approximate surface area is 191 Å². The number of alkyl halides is 9. The van der Waals surface area contributed by atoms with Crippen LogP contribution < -0.4 is 5.73 Å². The fourth-order valence-corrected chi connectivity index (χ4v) is 3.72. The first-order valence-corrected chi connectivity index (χ1v) is 10.1. The highest BCUT2D eigenvalue weighted by Gasteiger charge is 2.81. The quantitative estimate of drug-likeness (QED) is 0.234. The zero-order valence-electron chi connectivity index (χ0n) is 17.1. The molecule has 0 aliphatic rings. The van der Waals surface area contributed by atoms with Gasteiger partial charge in [-0.3, -0.25) is 4.79 Å². The van der Waals surface area contributed by atoms with E-state index in [1.807, 2.05) is 0 Å². The van der Waals surface area contributed by atoms with E-state index < -0.39 is 41.7 Å². The Hall–Kier alpha value is -2.24. The lowest BCUT2D eigenvalue weighted by atomic mass is 9.83. The maximum atomic E-state index is 14.9. The molecular weight excluding hydrogens is 533 g/mol. The Balaban J connectivity index is 2.63. The third-order valence-corrected chi connectivity index (χ3v) is 5.87. The van der Waals surface area contributed by atoms with Gasteiger partial charge in [0.25, 0.3) is 0 Å². The van der Waals surface area contributed by atoms with E-state index in [1.165, 1.54) is 25.1 Å². The molecule has 0 fully saturated rings. The Kier molecular flexibility index (Phi) is 7.24. The van der Waals surface area contributed by atoms with Crippen LogP contribution in [-0.4, -0.2) is 24.1 Å². The van der Waals surface area contributed by atoms with Crippen LogP contribution in [0.4, 0.5) is 45.2 Å². The SMILES string of the molecule is CCc1cc(C(F)(C(F)(F)F)C(F)(F)C(F)(F)F)cc(C)c1CC(=O)c1ccc(N)c(Br)c1. The number of carbonyl (C=O) groups is 1. The number of hydrogen-bond acceptors (Lipinski definition) is 2. The number of benzene rings is 2. The Morgan fingerprint density at radius 3 is 1.97 bits per heavy atom. The van der Waals surface area contributed by atoms with Gasteiger partial charge in [-0.05, 0) is 64.2 Å². The van der Waals surface area contributed by atoms with Gasteiger partial charge in [0, 0.05) is 27.7 Å². The molecule has 0 heterocycles. The molecule has 0 spiro atoms. The van der Waals surface area contributed by atoms with Crippen molar-refractivity contribution in [3.05, 3.63) is 62.6 Å². The van der Waals surface area contributed by atoms with Gasteiger partial charge in [-0.25, -0.2) is 4.39 Å². The van der Waals surface area contributed by atoms with Crippen molar-refractivity contribution in [2.45, 2.75) is 50.6 Å². The molecule has 2 aromatic rings. The summed E-state index contributed by atoms with van der Waals surface area (Å²) in [6, 6.07) is 4.79. The third kappa shape index (κ3) is 4.71. The molecule has 1 atom stereocenters. The molecule has 12 heteroatoms. The fraction of sp³-hybridized carbons (Fsp3) is 0.381. The van der Waals surface area contributed by atoms with E-state index in [2.05, 4.69) is 15.9 Å². The largest absolute Gasteiger partial charge is 0.457 e. The molecule has 2 aromatic carbocycles. The van der Waals surface area contributed by atoms with Crippen LogP contribution in [0.5, 0.6) is 0 Å². The molecule has 0 saturated heterocycles. The number of Topliss-reactive ketones (excluding diaryl/α,β-unsaturated/α-hetero) is 1. The van der Waals surface area contributed by atoms with Gasteiger partial charge in [0.05, 0.1) is 0 Å². The van der Waals surface area contributed by atoms with Crippen molar-refractivity contribution in [2.24, 2.45) is 0 Å². The molecular formula is C21H17BrF9NO. The molecule has 2 nitrogen and oxygen atoms in total. The van der Waals surface area contributed by atoms with Gasteiger partial charge in [-0.2, -0.15) is 35.1 Å². The molecule has 0 bridgehead atoms. The smallest absolute Gasteiger partial charge is 0.398 e. The van der Waals surface area contributed by atoms with Gasteiger partial charge < -0.3 is 5.73 Å². The third-order valence-electron chi connectivity index (χ3n) is 5.18. The summed E-state index contributed by atoms with van der Waals surface area (Å²) < 4.78 is 121. The number of ketones is 1. The predicted molar refractivity (Wildman–Crippen MR) is 107 cm³/mol. The molecule has 0 saturated carbocycles. The standard InChI is InChI=1S/C21H17BrF9NO/c1-3-11-7-13(18(23,20(26,27)28)19(24,25)21(29,30)31)6-10(2)14(11)9-17(33)12-4-5-16(32)15(22)8-12/h4-8H,3,9,32H2,1-2H3. The number of nitrogen functional groups attached to an aromatic ring is 1. The summed E-state index contributed by atoms with van der Waals surface area (Å²) in [6.07, 6.45) is -14.0. The summed E-state index contributed by atoms with van der Waals surface area (Å²) in [7, 11) is 0. The topological polar surface area (TPSA) is 43.1 Å². The molecule has 33 heavy (non-hydrogen) atoms. The van der Waals surface area contributed by atoms with Crippen molar-refractivity contribution in [1.82, 2.24) is 0 Å². The lowest BCUT2D eigenvalue weighted by Crippen LogP contribution is -2.59. The molecule has 182 valence electrons. The number of hydrogen-bond donors (Lipinski definition) is 1. The monoisotopic (exact) mass is 549 g/mol. The Morgan fingerprint density at radius 1 is 0.939 bits per heavy atom. The lowest BCUT2D eigenvalue weighted by molar-refractivity contribution is -0.389. The molecule has 2 rings (SSSR count). The van der Waals surface area contributed by atoms with E-state index >= 15 is 0 Å². The zero-order valence-corrected chi connectivity index (χ0v) is 18.7. The van der Waals surface area contributed by atoms with E-state index in [4.69, 9.17) is 5.73 Å². The van der Waals surface area contributed by atoms with Gasteiger partial charge in [0.1, 0.15) is 0 Å². The second kappa shape index (κ2) is 8.84. The highest BCUT2D eigenvalue weighted by Crippen LogP contribution is 2.58. The minimum absolute atomic E-state index is 0.0963. The van der Waals surface area contributed by atoms with Crippen molar-refractivity contribution >= 4 is 27.4 Å². The van der Waals surface area contributed by atoms with Crippen molar-refractivity contribution in [3.63, 3.8) is 0 Å². The molecule has 1 unspecified atom stereocenters. The van der Waals surface area contributed by atoms with E-state index in [0.717, 1.165) is 6.92 Å². The number of aryl methyl sites for hydroxylation is 2. The highest BCUT2D eigenvalue weighted by atomic mass is 79.9. The molecule has 0 aliphatic heterocycles. The minimum Gasteiger partial charge on any atom is -0.398 e. The summed E-state index contributed by atoms with van der Waals surface area (Å²) in [5, 5.41) is 0. The van der Waals surface area contributed by atoms with Gasteiger partial charge >= 0.3 is 23.9 Å². The van der Waals surface area contributed by atoms with E-state index in [9.17, 15) is 44.3 Å². The molecule has 2 N–H and O–H groups in total. The summed E-state index contributed by atoms with van der Waals surface area (Å²) in [5.74, 6) is -7.28. The highest BCUT2D eigenvalue weighted by molar-refractivity contribution is 9.10. The van der Waals surface area contributed by atoms with Crippen LogP contribution in [0.2, 0.25) is 0 Å². The Morgan fingerprint density at radius 2 is 1.52 bits per heavy atom. The van der Waals surface area contributed by atoms with Gasteiger partial charge in [0.15, 0.2) is 5.78 Å². The number of halogens is 10. The summed E-state index contributed by atoms with van der Waals surface area (Å²) in [6.45, 7) is 2.48. The van der Waals surface area contributed by atoms with Gasteiger partial charge in [-0.1, -0.05) is 19.1 Å².